The number of ether oxygens (including phenoxy) is 1. The van der Waals surface area contributed by atoms with E-state index in [1.54, 1.807) is 18.2 Å². The largest absolute Gasteiger partial charge is 0.543 e. The average Bonchev–Trinajstić information content (AvgIpc) is 2.99. The second-order valence-electron chi connectivity index (χ2n) is 11.9. The van der Waals surface area contributed by atoms with Crippen LogP contribution in [0.1, 0.15) is 68.3 Å². The SMILES string of the molecule is CC(C)[Si](Oc1ccc(C(Sc2c(O)cc(OCc3ccccc3)cc2Cl)C(=O)c2ccc(O)cc2)cc1)(C(C)C)C(C)C. The van der Waals surface area contributed by atoms with E-state index in [0.717, 1.165) is 16.9 Å². The van der Waals surface area contributed by atoms with Gasteiger partial charge in [0.25, 0.3) is 8.32 Å². The van der Waals surface area contributed by atoms with Gasteiger partial charge in [0.2, 0.25) is 0 Å². The Hall–Kier alpha value is -3.39. The number of phenols is 2. The van der Waals surface area contributed by atoms with Crippen LogP contribution in [0.5, 0.6) is 23.0 Å². The number of rotatable bonds is 13. The van der Waals surface area contributed by atoms with Crippen molar-refractivity contribution in [3.8, 4) is 23.0 Å². The van der Waals surface area contributed by atoms with Crippen molar-refractivity contribution in [1.82, 2.24) is 0 Å². The second kappa shape index (κ2) is 14.6. The predicted molar refractivity (Wildman–Crippen MR) is 183 cm³/mol. The van der Waals surface area contributed by atoms with Gasteiger partial charge in [0, 0.05) is 17.7 Å². The van der Waals surface area contributed by atoms with Crippen LogP contribution >= 0.6 is 23.4 Å². The van der Waals surface area contributed by atoms with Gasteiger partial charge in [-0.1, -0.05) is 95.6 Å². The molecule has 2 N–H and O–H groups in total. The van der Waals surface area contributed by atoms with Gasteiger partial charge in [-0.15, -0.1) is 11.8 Å². The molecule has 5 nitrogen and oxygen atoms in total. The van der Waals surface area contributed by atoms with Gasteiger partial charge < -0.3 is 19.4 Å². The molecule has 232 valence electrons. The highest BCUT2D eigenvalue weighted by Crippen LogP contribution is 2.48. The van der Waals surface area contributed by atoms with Crippen molar-refractivity contribution in [2.24, 2.45) is 0 Å². The van der Waals surface area contributed by atoms with Crippen LogP contribution in [0.3, 0.4) is 0 Å². The van der Waals surface area contributed by atoms with Gasteiger partial charge in [-0.05, 0) is 64.1 Å². The van der Waals surface area contributed by atoms with Crippen LogP contribution in [0.4, 0.5) is 0 Å². The lowest BCUT2D eigenvalue weighted by molar-refractivity contribution is 0.0989. The summed E-state index contributed by atoms with van der Waals surface area (Å²) in [5, 5.41) is 20.4. The van der Waals surface area contributed by atoms with Gasteiger partial charge in [-0.25, -0.2) is 0 Å². The van der Waals surface area contributed by atoms with E-state index in [4.69, 9.17) is 20.8 Å². The standard InChI is InChI=1S/C36H41ClO5SSi/c1-23(2)44(24(3)4,25(5)6)42-30-18-14-28(15-19-30)35(34(40)27-12-16-29(38)17-13-27)43-36-32(37)20-31(21-33(36)39)41-22-26-10-8-7-9-11-26/h7-21,23-25,35,38-39H,22H2,1-6H3. The van der Waals surface area contributed by atoms with Gasteiger partial charge in [0.05, 0.1) is 15.2 Å². The smallest absolute Gasteiger partial charge is 0.258 e. The number of hydrogen-bond donors (Lipinski definition) is 2. The lowest BCUT2D eigenvalue weighted by atomic mass is 10.0. The van der Waals surface area contributed by atoms with Crippen molar-refractivity contribution in [2.75, 3.05) is 0 Å². The number of aromatic hydroxyl groups is 2. The molecule has 4 aromatic rings. The maximum atomic E-state index is 13.9. The molecule has 44 heavy (non-hydrogen) atoms. The molecule has 1 unspecified atom stereocenters. The molecule has 0 saturated heterocycles. The number of benzene rings is 4. The van der Waals surface area contributed by atoms with E-state index in [0.29, 0.717) is 39.4 Å². The monoisotopic (exact) mass is 648 g/mol. The zero-order chi connectivity index (χ0) is 32.0. The van der Waals surface area contributed by atoms with Crippen molar-refractivity contribution in [3.05, 3.63) is 113 Å². The molecule has 8 heteroatoms. The summed E-state index contributed by atoms with van der Waals surface area (Å²) in [6, 6.07) is 26.7. The Kier molecular flexibility index (Phi) is 11.1. The number of hydrogen-bond acceptors (Lipinski definition) is 6. The Morgan fingerprint density at radius 2 is 1.39 bits per heavy atom. The maximum Gasteiger partial charge on any atom is 0.258 e. The van der Waals surface area contributed by atoms with E-state index in [1.807, 2.05) is 54.6 Å². The Balaban J connectivity index is 1.65. The highest BCUT2D eigenvalue weighted by Gasteiger charge is 2.47. The number of Topliss-reactive ketones (excluding diaryl/α,β-unsaturated/α-hetero) is 1. The van der Waals surface area contributed by atoms with Gasteiger partial charge in [0.1, 0.15) is 29.6 Å². The zero-order valence-electron chi connectivity index (χ0n) is 26.1. The molecule has 1 atom stereocenters. The molecule has 4 rings (SSSR count). The van der Waals surface area contributed by atoms with Crippen molar-refractivity contribution in [1.29, 1.82) is 0 Å². The lowest BCUT2D eigenvalue weighted by Crippen LogP contribution is -2.50. The van der Waals surface area contributed by atoms with Crippen LogP contribution in [0.25, 0.3) is 0 Å². The number of thioether (sulfide) groups is 1. The number of ketones is 1. The average molecular weight is 649 g/mol. The van der Waals surface area contributed by atoms with Crippen molar-refractivity contribution >= 4 is 37.5 Å². The molecule has 0 spiro atoms. The molecule has 0 aromatic heterocycles. The normalized spacial score (nSPS) is 12.5. The van der Waals surface area contributed by atoms with E-state index in [2.05, 4.69) is 41.5 Å². The summed E-state index contributed by atoms with van der Waals surface area (Å²) >= 11 is 7.86. The predicted octanol–water partition coefficient (Wildman–Crippen LogP) is 10.6. The molecule has 0 fully saturated rings. The van der Waals surface area contributed by atoms with E-state index < -0.39 is 13.6 Å². The third-order valence-corrected chi connectivity index (χ3v) is 15.9. The summed E-state index contributed by atoms with van der Waals surface area (Å²) in [5.41, 5.74) is 3.43. The van der Waals surface area contributed by atoms with Crippen LogP contribution in [0.15, 0.2) is 95.9 Å². The quantitative estimate of drug-likeness (QED) is 0.0853. The first-order valence-electron chi connectivity index (χ1n) is 14.9. The van der Waals surface area contributed by atoms with Crippen LogP contribution in [-0.2, 0) is 6.61 Å². The minimum atomic E-state index is -2.16. The summed E-state index contributed by atoms with van der Waals surface area (Å²) in [7, 11) is -2.16. The molecular weight excluding hydrogens is 608 g/mol. The summed E-state index contributed by atoms with van der Waals surface area (Å²) < 4.78 is 12.7. The lowest BCUT2D eigenvalue weighted by Gasteiger charge is -2.42. The first kappa shape index (κ1) is 33.5. The molecule has 0 aliphatic rings. The maximum absolute atomic E-state index is 13.9. The molecule has 0 saturated carbocycles. The van der Waals surface area contributed by atoms with Crippen molar-refractivity contribution < 1.29 is 24.2 Å². The van der Waals surface area contributed by atoms with Crippen LogP contribution in [0.2, 0.25) is 21.6 Å². The van der Waals surface area contributed by atoms with E-state index in [-0.39, 0.29) is 22.3 Å². The molecule has 0 aliphatic heterocycles. The van der Waals surface area contributed by atoms with Crippen LogP contribution in [0, 0.1) is 0 Å². The minimum absolute atomic E-state index is 0.0735. The van der Waals surface area contributed by atoms with Crippen molar-refractivity contribution in [2.45, 2.75) is 74.9 Å². The van der Waals surface area contributed by atoms with Gasteiger partial charge in [-0.2, -0.15) is 0 Å². The fraction of sp³-hybridized carbons (Fsp3) is 0.306. The fourth-order valence-corrected chi connectivity index (χ4v) is 12.6. The van der Waals surface area contributed by atoms with E-state index in [1.165, 1.54) is 30.0 Å². The van der Waals surface area contributed by atoms with E-state index >= 15 is 0 Å². The molecular formula is C36H41ClO5SSi. The third kappa shape index (κ3) is 7.63. The first-order chi connectivity index (χ1) is 20.9. The molecule has 0 amide bonds. The molecule has 0 bridgehead atoms. The Morgan fingerprint density at radius 3 is 1.93 bits per heavy atom. The van der Waals surface area contributed by atoms with Gasteiger partial charge in [-0.3, -0.25) is 4.79 Å². The van der Waals surface area contributed by atoms with Crippen molar-refractivity contribution in [3.63, 3.8) is 0 Å². The number of phenolic OH excluding ortho intramolecular Hbond substituents is 2. The Bertz CT molecular complexity index is 1490. The third-order valence-electron chi connectivity index (χ3n) is 8.06. The summed E-state index contributed by atoms with van der Waals surface area (Å²) in [6.07, 6.45) is 0. The Morgan fingerprint density at radius 1 is 0.795 bits per heavy atom. The first-order valence-corrected chi connectivity index (χ1v) is 18.3. The Labute approximate surface area is 271 Å². The van der Waals surface area contributed by atoms with E-state index in [9.17, 15) is 15.0 Å². The molecule has 0 radical (unpaired) electrons. The highest BCUT2D eigenvalue weighted by atomic mass is 35.5. The number of carbonyl (C=O) groups is 1. The zero-order valence-corrected chi connectivity index (χ0v) is 28.7. The topological polar surface area (TPSA) is 76.0 Å². The number of carbonyl (C=O) groups excluding carboxylic acids is 1. The summed E-state index contributed by atoms with van der Waals surface area (Å²) in [4.78, 5) is 14.3. The molecule has 0 aliphatic carbocycles. The summed E-state index contributed by atoms with van der Waals surface area (Å²) in [6.45, 7) is 13.8. The van der Waals surface area contributed by atoms with Crippen LogP contribution in [-0.4, -0.2) is 24.3 Å². The fourth-order valence-electron chi connectivity index (χ4n) is 5.93. The van der Waals surface area contributed by atoms with Gasteiger partial charge >= 0.3 is 0 Å². The second-order valence-corrected chi connectivity index (χ2v) is 18.8. The summed E-state index contributed by atoms with van der Waals surface area (Å²) in [5.74, 6) is 1.04. The highest BCUT2D eigenvalue weighted by molar-refractivity contribution is 8.00. The minimum Gasteiger partial charge on any atom is -0.543 e. The molecule has 4 aromatic carbocycles. The van der Waals surface area contributed by atoms with Crippen LogP contribution < -0.4 is 9.16 Å². The number of halogens is 1. The van der Waals surface area contributed by atoms with Gasteiger partial charge in [0.15, 0.2) is 5.78 Å². The molecule has 0 heterocycles.